The van der Waals surface area contributed by atoms with Gasteiger partial charge in [0.15, 0.2) is 18.1 Å². The van der Waals surface area contributed by atoms with Crippen molar-refractivity contribution in [3.63, 3.8) is 0 Å². The molecule has 186 valence electrons. The smallest absolute Gasteiger partial charge is 0.329 e. The first-order chi connectivity index (χ1) is 16.7. The van der Waals surface area contributed by atoms with Gasteiger partial charge in [-0.15, -0.1) is 0 Å². The molecule has 0 unspecified atom stereocenters. The highest BCUT2D eigenvalue weighted by Gasteiger charge is 2.28. The summed E-state index contributed by atoms with van der Waals surface area (Å²) < 4.78 is 16.1. The summed E-state index contributed by atoms with van der Waals surface area (Å²) in [5.74, 6) is -1.88. The van der Waals surface area contributed by atoms with E-state index in [4.69, 9.17) is 14.2 Å². The Hall–Kier alpha value is -4.15. The Balaban J connectivity index is 1.64. The van der Waals surface area contributed by atoms with Crippen molar-refractivity contribution in [1.29, 1.82) is 0 Å². The average molecular weight is 485 g/mol. The van der Waals surface area contributed by atoms with E-state index >= 15 is 0 Å². The van der Waals surface area contributed by atoms with E-state index in [0.29, 0.717) is 25.2 Å². The molecule has 0 aromatic heterocycles. The third-order valence-corrected chi connectivity index (χ3v) is 5.17. The number of anilines is 1. The number of nitro groups is 1. The van der Waals surface area contributed by atoms with E-state index in [-0.39, 0.29) is 28.8 Å². The van der Waals surface area contributed by atoms with Gasteiger partial charge in [0.05, 0.1) is 24.2 Å². The van der Waals surface area contributed by atoms with Crippen LogP contribution in [0.1, 0.15) is 36.2 Å². The summed E-state index contributed by atoms with van der Waals surface area (Å²) in [6.45, 7) is 5.31. The topological polar surface area (TPSA) is 146 Å². The van der Waals surface area contributed by atoms with Crippen molar-refractivity contribution < 1.29 is 33.5 Å². The van der Waals surface area contributed by atoms with Crippen LogP contribution < -0.4 is 20.1 Å². The van der Waals surface area contributed by atoms with Gasteiger partial charge >= 0.3 is 5.97 Å². The molecular formula is C24H27N3O8. The first kappa shape index (κ1) is 25.5. The molecular weight excluding hydrogens is 458 g/mol. The van der Waals surface area contributed by atoms with Gasteiger partial charge in [-0.05, 0) is 25.0 Å². The van der Waals surface area contributed by atoms with E-state index in [1.165, 1.54) is 12.1 Å². The van der Waals surface area contributed by atoms with Crippen molar-refractivity contribution in [3.8, 4) is 11.5 Å². The van der Waals surface area contributed by atoms with Crippen LogP contribution in [-0.2, 0) is 14.3 Å². The van der Waals surface area contributed by atoms with E-state index in [0.717, 1.165) is 5.56 Å². The lowest BCUT2D eigenvalue weighted by Crippen LogP contribution is -2.46. The summed E-state index contributed by atoms with van der Waals surface area (Å²) in [6.07, 6.45) is 0.609. The number of esters is 1. The van der Waals surface area contributed by atoms with Crippen molar-refractivity contribution in [2.75, 3.05) is 25.1 Å². The molecule has 0 saturated heterocycles. The SMILES string of the molecule is Cc1cccc(C(=O)N[C@H](C(=O)OCC(=O)Nc2cc3c(cc2[N+](=O)[O-])OCCCO3)C(C)C)c1. The quantitative estimate of drug-likeness (QED) is 0.330. The number of aryl methyl sites for hydroxylation is 1. The molecule has 2 amide bonds. The Labute approximate surface area is 201 Å². The number of nitro benzene ring substituents is 1. The summed E-state index contributed by atoms with van der Waals surface area (Å²) in [6, 6.07) is 8.38. The molecule has 1 aliphatic rings. The number of rotatable bonds is 8. The minimum Gasteiger partial charge on any atom is -0.489 e. The Morgan fingerprint density at radius 3 is 2.43 bits per heavy atom. The normalized spacial score (nSPS) is 13.4. The highest BCUT2D eigenvalue weighted by molar-refractivity contribution is 5.98. The Morgan fingerprint density at radius 1 is 1.11 bits per heavy atom. The van der Waals surface area contributed by atoms with Gasteiger partial charge in [-0.3, -0.25) is 19.7 Å². The summed E-state index contributed by atoms with van der Waals surface area (Å²) >= 11 is 0. The second-order valence-electron chi connectivity index (χ2n) is 8.34. The maximum atomic E-state index is 12.6. The molecule has 1 heterocycles. The van der Waals surface area contributed by atoms with Crippen LogP contribution >= 0.6 is 0 Å². The lowest BCUT2D eigenvalue weighted by atomic mass is 10.0. The van der Waals surface area contributed by atoms with Crippen molar-refractivity contribution in [1.82, 2.24) is 5.32 Å². The molecule has 2 aromatic rings. The molecule has 0 fully saturated rings. The Bertz CT molecular complexity index is 1130. The lowest BCUT2D eigenvalue weighted by molar-refractivity contribution is -0.384. The lowest BCUT2D eigenvalue weighted by Gasteiger charge is -2.21. The van der Waals surface area contributed by atoms with E-state index in [1.807, 2.05) is 13.0 Å². The molecule has 0 saturated carbocycles. The van der Waals surface area contributed by atoms with Gasteiger partial charge in [0, 0.05) is 18.1 Å². The van der Waals surface area contributed by atoms with E-state index in [2.05, 4.69) is 10.6 Å². The fraction of sp³-hybridized carbons (Fsp3) is 0.375. The average Bonchev–Trinajstić information content (AvgIpc) is 3.04. The van der Waals surface area contributed by atoms with Crippen molar-refractivity contribution in [3.05, 3.63) is 57.6 Å². The van der Waals surface area contributed by atoms with E-state index < -0.39 is 35.4 Å². The maximum absolute atomic E-state index is 12.6. The molecule has 0 bridgehead atoms. The number of amides is 2. The second kappa shape index (κ2) is 11.3. The van der Waals surface area contributed by atoms with Gasteiger partial charge < -0.3 is 24.8 Å². The highest BCUT2D eigenvalue weighted by Crippen LogP contribution is 2.39. The van der Waals surface area contributed by atoms with Crippen LogP contribution in [0.3, 0.4) is 0 Å². The predicted octanol–water partition coefficient (Wildman–Crippen LogP) is 3.00. The number of carbonyl (C=O) groups excluding carboxylic acids is 3. The second-order valence-corrected chi connectivity index (χ2v) is 8.34. The number of hydrogen-bond acceptors (Lipinski definition) is 8. The summed E-state index contributed by atoms with van der Waals surface area (Å²) in [5.41, 5.74) is 0.776. The Kier molecular flexibility index (Phi) is 8.24. The molecule has 2 N–H and O–H groups in total. The Morgan fingerprint density at radius 2 is 1.80 bits per heavy atom. The van der Waals surface area contributed by atoms with E-state index in [9.17, 15) is 24.5 Å². The molecule has 1 aliphatic heterocycles. The van der Waals surface area contributed by atoms with Gasteiger partial charge in [0.25, 0.3) is 17.5 Å². The molecule has 1 atom stereocenters. The first-order valence-electron chi connectivity index (χ1n) is 11.1. The number of hydrogen-bond donors (Lipinski definition) is 2. The van der Waals surface area contributed by atoms with Crippen LogP contribution in [-0.4, -0.2) is 48.6 Å². The molecule has 3 rings (SSSR count). The minimum atomic E-state index is -0.997. The fourth-order valence-corrected chi connectivity index (χ4v) is 3.37. The van der Waals surface area contributed by atoms with Crippen LogP contribution in [0.2, 0.25) is 0 Å². The first-order valence-corrected chi connectivity index (χ1v) is 11.1. The van der Waals surface area contributed by atoms with Crippen LogP contribution in [0.5, 0.6) is 11.5 Å². The molecule has 0 aliphatic carbocycles. The zero-order valence-electron chi connectivity index (χ0n) is 19.7. The molecule has 0 spiro atoms. The molecule has 35 heavy (non-hydrogen) atoms. The molecule has 2 aromatic carbocycles. The fourth-order valence-electron chi connectivity index (χ4n) is 3.37. The van der Waals surface area contributed by atoms with Crippen LogP contribution in [0.25, 0.3) is 0 Å². The van der Waals surface area contributed by atoms with Gasteiger partial charge in [-0.2, -0.15) is 0 Å². The van der Waals surface area contributed by atoms with Crippen LogP contribution in [0, 0.1) is 23.0 Å². The number of carbonyl (C=O) groups is 3. The largest absolute Gasteiger partial charge is 0.489 e. The third kappa shape index (κ3) is 6.69. The molecule has 0 radical (unpaired) electrons. The predicted molar refractivity (Wildman–Crippen MR) is 126 cm³/mol. The summed E-state index contributed by atoms with van der Waals surface area (Å²) in [5, 5.41) is 16.5. The minimum absolute atomic E-state index is 0.117. The zero-order valence-corrected chi connectivity index (χ0v) is 19.7. The molecule has 11 heteroatoms. The van der Waals surface area contributed by atoms with Crippen molar-refractivity contribution in [2.45, 2.75) is 33.2 Å². The number of nitrogens with one attached hydrogen (secondary N) is 2. The monoisotopic (exact) mass is 485 g/mol. The van der Waals surface area contributed by atoms with Crippen LogP contribution in [0.4, 0.5) is 11.4 Å². The van der Waals surface area contributed by atoms with Gasteiger partial charge in [0.1, 0.15) is 11.7 Å². The van der Waals surface area contributed by atoms with Crippen LogP contribution in [0.15, 0.2) is 36.4 Å². The van der Waals surface area contributed by atoms with Crippen molar-refractivity contribution >= 4 is 29.2 Å². The number of benzene rings is 2. The number of nitrogens with zero attached hydrogens (tertiary/aromatic N) is 1. The summed E-state index contributed by atoms with van der Waals surface area (Å²) in [4.78, 5) is 48.4. The number of ether oxygens (including phenoxy) is 3. The van der Waals surface area contributed by atoms with Gasteiger partial charge in [-0.25, -0.2) is 4.79 Å². The van der Waals surface area contributed by atoms with Gasteiger partial charge in [0.2, 0.25) is 0 Å². The van der Waals surface area contributed by atoms with Gasteiger partial charge in [-0.1, -0.05) is 31.5 Å². The van der Waals surface area contributed by atoms with E-state index in [1.54, 1.807) is 32.0 Å². The standard InChI is InChI=1S/C24H27N3O8/c1-14(2)22(26-23(29)16-7-4-6-15(3)10-16)24(30)35-13-21(28)25-17-11-19-20(12-18(17)27(31)32)34-9-5-8-33-19/h4,6-7,10-12,14,22H,5,8-9,13H2,1-3H3,(H,25,28)(H,26,29)/t22-/m0/s1. The molecule has 11 nitrogen and oxygen atoms in total. The highest BCUT2D eigenvalue weighted by atomic mass is 16.6. The summed E-state index contributed by atoms with van der Waals surface area (Å²) in [7, 11) is 0. The number of fused-ring (bicyclic) bond motifs is 1. The maximum Gasteiger partial charge on any atom is 0.329 e. The van der Waals surface area contributed by atoms with Crippen molar-refractivity contribution in [2.24, 2.45) is 5.92 Å². The zero-order chi connectivity index (χ0) is 25.5. The third-order valence-electron chi connectivity index (χ3n) is 5.17.